The molecule has 0 heterocycles. The summed E-state index contributed by atoms with van der Waals surface area (Å²) in [7, 11) is 2.89. The molecule has 0 unspecified atom stereocenters. The molecule has 0 saturated heterocycles. The van der Waals surface area contributed by atoms with E-state index in [9.17, 15) is 9.50 Å². The van der Waals surface area contributed by atoms with Crippen LogP contribution in [0.5, 0.6) is 17.2 Å². The third-order valence-corrected chi connectivity index (χ3v) is 3.27. The standard InChI is InChI=1S/C15H15ClFNO3/c1-20-12-6-9(7-13(21-2)15(12)19)8-18-11-5-3-4-10(16)14(11)17/h3-7,18-19H,8H2,1-2H3. The average molecular weight is 312 g/mol. The third-order valence-electron chi connectivity index (χ3n) is 2.97. The van der Waals surface area contributed by atoms with E-state index in [1.54, 1.807) is 24.3 Å². The van der Waals surface area contributed by atoms with Gasteiger partial charge in [0.05, 0.1) is 24.9 Å². The lowest BCUT2D eigenvalue weighted by molar-refractivity contribution is 0.339. The van der Waals surface area contributed by atoms with Crippen LogP contribution in [0.2, 0.25) is 5.02 Å². The average Bonchev–Trinajstić information content (AvgIpc) is 2.49. The predicted octanol–water partition coefficient (Wildman–Crippen LogP) is 3.81. The lowest BCUT2D eigenvalue weighted by Crippen LogP contribution is -2.02. The largest absolute Gasteiger partial charge is 0.502 e. The van der Waals surface area contributed by atoms with Gasteiger partial charge in [-0.3, -0.25) is 0 Å². The van der Waals surface area contributed by atoms with Gasteiger partial charge in [0.25, 0.3) is 0 Å². The molecule has 0 aliphatic heterocycles. The van der Waals surface area contributed by atoms with Gasteiger partial charge in [-0.05, 0) is 29.8 Å². The molecule has 2 rings (SSSR count). The van der Waals surface area contributed by atoms with Crippen molar-refractivity contribution in [3.63, 3.8) is 0 Å². The van der Waals surface area contributed by atoms with Gasteiger partial charge in [0, 0.05) is 6.54 Å². The molecule has 0 fully saturated rings. The number of hydrogen-bond donors (Lipinski definition) is 2. The zero-order valence-corrected chi connectivity index (χ0v) is 12.4. The van der Waals surface area contributed by atoms with Gasteiger partial charge in [-0.2, -0.15) is 0 Å². The Hall–Kier alpha value is -2.14. The number of benzene rings is 2. The quantitative estimate of drug-likeness (QED) is 0.881. The van der Waals surface area contributed by atoms with Crippen LogP contribution in [-0.4, -0.2) is 19.3 Å². The van der Waals surface area contributed by atoms with Crippen LogP contribution in [0.25, 0.3) is 0 Å². The number of phenols is 1. The van der Waals surface area contributed by atoms with Crippen molar-refractivity contribution in [1.29, 1.82) is 0 Å². The van der Waals surface area contributed by atoms with Crippen LogP contribution in [0.3, 0.4) is 0 Å². The highest BCUT2D eigenvalue weighted by atomic mass is 35.5. The highest BCUT2D eigenvalue weighted by Gasteiger charge is 2.12. The minimum atomic E-state index is -0.503. The summed E-state index contributed by atoms with van der Waals surface area (Å²) in [6.07, 6.45) is 0. The van der Waals surface area contributed by atoms with E-state index in [0.29, 0.717) is 12.2 Å². The van der Waals surface area contributed by atoms with Crippen molar-refractivity contribution in [2.24, 2.45) is 0 Å². The van der Waals surface area contributed by atoms with Crippen LogP contribution in [0.15, 0.2) is 30.3 Å². The topological polar surface area (TPSA) is 50.7 Å². The normalized spacial score (nSPS) is 10.3. The van der Waals surface area contributed by atoms with E-state index in [0.717, 1.165) is 5.56 Å². The summed E-state index contributed by atoms with van der Waals surface area (Å²) in [6.45, 7) is 0.324. The Kier molecular flexibility index (Phi) is 4.75. The van der Waals surface area contributed by atoms with Crippen molar-refractivity contribution in [3.05, 3.63) is 46.7 Å². The fraction of sp³-hybridized carbons (Fsp3) is 0.200. The number of anilines is 1. The molecule has 0 atom stereocenters. The van der Waals surface area contributed by atoms with E-state index in [-0.39, 0.29) is 22.3 Å². The Morgan fingerprint density at radius 3 is 2.38 bits per heavy atom. The SMILES string of the molecule is COc1cc(CNc2cccc(Cl)c2F)cc(OC)c1O. The Bertz CT molecular complexity index is 624. The second kappa shape index (κ2) is 6.54. The van der Waals surface area contributed by atoms with Crippen LogP contribution in [0.4, 0.5) is 10.1 Å². The van der Waals surface area contributed by atoms with Gasteiger partial charge in [-0.25, -0.2) is 4.39 Å². The predicted molar refractivity (Wildman–Crippen MR) is 79.9 cm³/mol. The van der Waals surface area contributed by atoms with E-state index < -0.39 is 5.82 Å². The van der Waals surface area contributed by atoms with Crippen molar-refractivity contribution in [2.45, 2.75) is 6.54 Å². The van der Waals surface area contributed by atoms with E-state index in [1.807, 2.05) is 0 Å². The van der Waals surface area contributed by atoms with Gasteiger partial charge < -0.3 is 19.9 Å². The summed E-state index contributed by atoms with van der Waals surface area (Å²) in [5.41, 5.74) is 1.06. The maximum atomic E-state index is 13.8. The maximum Gasteiger partial charge on any atom is 0.200 e. The number of rotatable bonds is 5. The monoisotopic (exact) mass is 311 g/mol. The number of halogens is 2. The molecule has 0 radical (unpaired) electrons. The molecule has 0 spiro atoms. The maximum absolute atomic E-state index is 13.8. The zero-order valence-electron chi connectivity index (χ0n) is 11.6. The summed E-state index contributed by atoms with van der Waals surface area (Å²) in [6, 6.07) is 8.02. The van der Waals surface area contributed by atoms with Crippen LogP contribution >= 0.6 is 11.6 Å². The van der Waals surface area contributed by atoms with Crippen molar-refractivity contribution >= 4 is 17.3 Å². The Balaban J connectivity index is 2.22. The first kappa shape index (κ1) is 15.3. The van der Waals surface area contributed by atoms with E-state index in [2.05, 4.69) is 5.32 Å². The fourth-order valence-corrected chi connectivity index (χ4v) is 2.06. The number of aromatic hydroxyl groups is 1. The van der Waals surface area contributed by atoms with Crippen LogP contribution in [0.1, 0.15) is 5.56 Å². The second-order valence-corrected chi connectivity index (χ2v) is 4.71. The first-order valence-electron chi connectivity index (χ1n) is 6.18. The molecule has 0 amide bonds. The lowest BCUT2D eigenvalue weighted by atomic mass is 10.1. The molecule has 6 heteroatoms. The van der Waals surface area contributed by atoms with Crippen LogP contribution in [0, 0.1) is 5.82 Å². The van der Waals surface area contributed by atoms with Gasteiger partial charge in [0.1, 0.15) is 0 Å². The van der Waals surface area contributed by atoms with E-state index in [1.165, 1.54) is 20.3 Å². The van der Waals surface area contributed by atoms with Crippen molar-refractivity contribution in [2.75, 3.05) is 19.5 Å². The summed E-state index contributed by atoms with van der Waals surface area (Å²) in [4.78, 5) is 0. The van der Waals surface area contributed by atoms with Gasteiger partial charge in [0.2, 0.25) is 5.75 Å². The summed E-state index contributed by atoms with van der Waals surface area (Å²) in [5.74, 6) is 0.00462. The number of phenolic OH excluding ortho intramolecular Hbond substituents is 1. The fourth-order valence-electron chi connectivity index (χ4n) is 1.89. The minimum Gasteiger partial charge on any atom is -0.502 e. The first-order chi connectivity index (χ1) is 10.1. The molecule has 0 aromatic heterocycles. The van der Waals surface area contributed by atoms with Crippen LogP contribution < -0.4 is 14.8 Å². The third kappa shape index (κ3) is 3.31. The minimum absolute atomic E-state index is 0.0564. The van der Waals surface area contributed by atoms with Gasteiger partial charge in [-0.1, -0.05) is 17.7 Å². The smallest absolute Gasteiger partial charge is 0.200 e. The Morgan fingerprint density at radius 1 is 1.19 bits per heavy atom. The van der Waals surface area contributed by atoms with Gasteiger partial charge in [0.15, 0.2) is 17.3 Å². The van der Waals surface area contributed by atoms with E-state index >= 15 is 0 Å². The Morgan fingerprint density at radius 2 is 1.81 bits per heavy atom. The zero-order chi connectivity index (χ0) is 15.4. The summed E-state index contributed by atoms with van der Waals surface area (Å²) < 4.78 is 23.9. The molecule has 4 nitrogen and oxygen atoms in total. The van der Waals surface area contributed by atoms with Crippen molar-refractivity contribution in [3.8, 4) is 17.2 Å². The molecule has 112 valence electrons. The number of ether oxygens (including phenoxy) is 2. The molecule has 0 aliphatic rings. The highest BCUT2D eigenvalue weighted by Crippen LogP contribution is 2.37. The highest BCUT2D eigenvalue weighted by molar-refractivity contribution is 6.31. The Labute approximate surface area is 127 Å². The summed E-state index contributed by atoms with van der Waals surface area (Å²) >= 11 is 5.72. The number of nitrogens with one attached hydrogen (secondary N) is 1. The summed E-state index contributed by atoms with van der Waals surface area (Å²) in [5, 5.41) is 12.8. The molecular formula is C15H15ClFNO3. The molecular weight excluding hydrogens is 297 g/mol. The number of hydrogen-bond acceptors (Lipinski definition) is 4. The molecule has 21 heavy (non-hydrogen) atoms. The molecule has 2 aromatic carbocycles. The van der Waals surface area contributed by atoms with Gasteiger partial charge >= 0.3 is 0 Å². The van der Waals surface area contributed by atoms with Crippen LogP contribution in [-0.2, 0) is 6.54 Å². The molecule has 0 aliphatic carbocycles. The van der Waals surface area contributed by atoms with E-state index in [4.69, 9.17) is 21.1 Å². The number of methoxy groups -OCH3 is 2. The van der Waals surface area contributed by atoms with Crippen molar-refractivity contribution in [1.82, 2.24) is 0 Å². The lowest BCUT2D eigenvalue weighted by Gasteiger charge is -2.13. The molecule has 0 bridgehead atoms. The van der Waals surface area contributed by atoms with Crippen molar-refractivity contribution < 1.29 is 19.0 Å². The second-order valence-electron chi connectivity index (χ2n) is 4.30. The first-order valence-corrected chi connectivity index (χ1v) is 6.56. The van der Waals surface area contributed by atoms with Gasteiger partial charge in [-0.15, -0.1) is 0 Å². The molecule has 2 N–H and O–H groups in total. The molecule has 0 saturated carbocycles. The molecule has 2 aromatic rings.